The quantitative estimate of drug-likeness (QED) is 0.187. The van der Waals surface area contributed by atoms with Gasteiger partial charge in [-0.3, -0.25) is 4.98 Å². The Kier molecular flexibility index (Phi) is 6.42. The number of hydrogen-bond donors (Lipinski definition) is 0. The van der Waals surface area contributed by atoms with Crippen LogP contribution >= 0.6 is 0 Å². The third-order valence-electron chi connectivity index (χ3n) is 9.40. The SMILES string of the molecule is c1ccc(-c2cc(-c3ccc(-c4cccc5c4oc4ccccc45)c4oc5ccccc5c34)nc(-c3ccccc3-c3ccccn3)n2)cc1. The van der Waals surface area contributed by atoms with Crippen molar-refractivity contribution in [3.63, 3.8) is 0 Å². The highest BCUT2D eigenvalue weighted by atomic mass is 16.3. The maximum Gasteiger partial charge on any atom is 0.161 e. The Balaban J connectivity index is 1.25. The topological polar surface area (TPSA) is 65.0 Å². The molecule has 0 unspecified atom stereocenters. The molecule has 10 rings (SSSR count). The van der Waals surface area contributed by atoms with Crippen LogP contribution in [0.1, 0.15) is 0 Å². The average molecular weight is 642 g/mol. The second-order valence-corrected chi connectivity index (χ2v) is 12.3. The third-order valence-corrected chi connectivity index (χ3v) is 9.40. The Bertz CT molecular complexity index is 2870. The van der Waals surface area contributed by atoms with Crippen molar-refractivity contribution in [2.45, 2.75) is 0 Å². The molecule has 0 atom stereocenters. The molecule has 10 aromatic rings. The molecular formula is C45H27N3O2. The van der Waals surface area contributed by atoms with Crippen LogP contribution in [0.4, 0.5) is 0 Å². The molecule has 50 heavy (non-hydrogen) atoms. The molecular weight excluding hydrogens is 615 g/mol. The van der Waals surface area contributed by atoms with E-state index in [1.807, 2.05) is 85.1 Å². The largest absolute Gasteiger partial charge is 0.455 e. The lowest BCUT2D eigenvalue weighted by Crippen LogP contribution is -1.98. The van der Waals surface area contributed by atoms with Crippen molar-refractivity contribution in [3.05, 3.63) is 164 Å². The Morgan fingerprint density at radius 3 is 1.84 bits per heavy atom. The van der Waals surface area contributed by atoms with Crippen LogP contribution in [-0.4, -0.2) is 15.0 Å². The molecule has 0 radical (unpaired) electrons. The second kappa shape index (κ2) is 11.4. The first-order valence-corrected chi connectivity index (χ1v) is 16.6. The fraction of sp³-hybridized carbons (Fsp3) is 0. The van der Waals surface area contributed by atoms with Gasteiger partial charge >= 0.3 is 0 Å². The van der Waals surface area contributed by atoms with Crippen molar-refractivity contribution in [3.8, 4) is 56.3 Å². The van der Waals surface area contributed by atoms with E-state index in [-0.39, 0.29) is 0 Å². The lowest BCUT2D eigenvalue weighted by Gasteiger charge is -2.13. The minimum absolute atomic E-state index is 0.625. The molecule has 0 saturated heterocycles. The van der Waals surface area contributed by atoms with E-state index in [2.05, 4.69) is 83.8 Å². The standard InChI is InChI=1S/C45H27N3O2/c1-2-13-28(14-3-1)38-27-39(48-45(47-38)34-17-5-4-15-29(34)37-21-10-11-26-46-37)35-25-24-33(44-42(35)36-18-7-9-23-41(36)50-44)32-20-12-19-31-30-16-6-8-22-40(30)49-43(31)32/h1-27H. The summed E-state index contributed by atoms with van der Waals surface area (Å²) < 4.78 is 13.2. The van der Waals surface area contributed by atoms with E-state index in [1.54, 1.807) is 0 Å². The lowest BCUT2D eigenvalue weighted by molar-refractivity contribution is 0.665. The number of furan rings is 2. The van der Waals surface area contributed by atoms with Gasteiger partial charge in [-0.15, -0.1) is 0 Å². The van der Waals surface area contributed by atoms with E-state index in [1.165, 1.54) is 0 Å². The van der Waals surface area contributed by atoms with Gasteiger partial charge in [-0.05, 0) is 36.4 Å². The van der Waals surface area contributed by atoms with Gasteiger partial charge in [0.05, 0.1) is 17.1 Å². The smallest absolute Gasteiger partial charge is 0.161 e. The molecule has 0 fully saturated rings. The fourth-order valence-electron chi connectivity index (χ4n) is 7.10. The van der Waals surface area contributed by atoms with Gasteiger partial charge in [0, 0.05) is 61.1 Å². The Hall–Kier alpha value is -6.85. The summed E-state index contributed by atoms with van der Waals surface area (Å²) in [5.41, 5.74) is 11.6. The molecule has 0 amide bonds. The Morgan fingerprint density at radius 2 is 1.00 bits per heavy atom. The van der Waals surface area contributed by atoms with Gasteiger partial charge in [0.2, 0.25) is 0 Å². The fourth-order valence-corrected chi connectivity index (χ4v) is 7.10. The summed E-state index contributed by atoms with van der Waals surface area (Å²) in [6, 6.07) is 53.5. The van der Waals surface area contributed by atoms with Gasteiger partial charge in [0.15, 0.2) is 5.82 Å². The Labute approximate surface area is 287 Å². The normalized spacial score (nSPS) is 11.6. The number of hydrogen-bond acceptors (Lipinski definition) is 5. The third kappa shape index (κ3) is 4.52. The summed E-state index contributed by atoms with van der Waals surface area (Å²) >= 11 is 0. The van der Waals surface area contributed by atoms with Gasteiger partial charge in [-0.25, -0.2) is 9.97 Å². The molecule has 0 aliphatic rings. The van der Waals surface area contributed by atoms with Gasteiger partial charge in [0.25, 0.3) is 0 Å². The van der Waals surface area contributed by atoms with Crippen molar-refractivity contribution in [1.29, 1.82) is 0 Å². The van der Waals surface area contributed by atoms with Crippen LogP contribution in [0.3, 0.4) is 0 Å². The van der Waals surface area contributed by atoms with Crippen LogP contribution in [0.15, 0.2) is 173 Å². The second-order valence-electron chi connectivity index (χ2n) is 12.3. The van der Waals surface area contributed by atoms with E-state index < -0.39 is 0 Å². The molecule has 6 aromatic carbocycles. The van der Waals surface area contributed by atoms with E-state index in [9.17, 15) is 0 Å². The van der Waals surface area contributed by atoms with E-state index in [0.717, 1.165) is 94.3 Å². The van der Waals surface area contributed by atoms with Gasteiger partial charge in [0.1, 0.15) is 22.3 Å². The molecule has 4 heterocycles. The number of pyridine rings is 1. The predicted octanol–water partition coefficient (Wildman–Crippen LogP) is 12.0. The summed E-state index contributed by atoms with van der Waals surface area (Å²) in [6.45, 7) is 0. The summed E-state index contributed by atoms with van der Waals surface area (Å²) in [4.78, 5) is 15.1. The zero-order chi connectivity index (χ0) is 33.0. The van der Waals surface area contributed by atoms with Crippen LogP contribution in [-0.2, 0) is 0 Å². The van der Waals surface area contributed by atoms with Gasteiger partial charge in [-0.2, -0.15) is 0 Å². The summed E-state index contributed by atoms with van der Waals surface area (Å²) in [5.74, 6) is 0.625. The van der Waals surface area contributed by atoms with Crippen LogP contribution in [0.2, 0.25) is 0 Å². The highest BCUT2D eigenvalue weighted by Crippen LogP contribution is 2.45. The number of rotatable bonds is 5. The number of para-hydroxylation sites is 3. The molecule has 0 N–H and O–H groups in total. The van der Waals surface area contributed by atoms with Crippen molar-refractivity contribution in [2.24, 2.45) is 0 Å². The van der Waals surface area contributed by atoms with Crippen molar-refractivity contribution in [2.75, 3.05) is 0 Å². The van der Waals surface area contributed by atoms with Gasteiger partial charge < -0.3 is 8.83 Å². The molecule has 4 aromatic heterocycles. The Morgan fingerprint density at radius 1 is 0.380 bits per heavy atom. The monoisotopic (exact) mass is 641 g/mol. The number of aromatic nitrogens is 3. The number of fused-ring (bicyclic) bond motifs is 6. The number of benzene rings is 6. The zero-order valence-corrected chi connectivity index (χ0v) is 26.7. The van der Waals surface area contributed by atoms with E-state index in [4.69, 9.17) is 18.8 Å². The molecule has 234 valence electrons. The highest BCUT2D eigenvalue weighted by molar-refractivity contribution is 6.18. The molecule has 5 nitrogen and oxygen atoms in total. The predicted molar refractivity (Wildman–Crippen MR) is 202 cm³/mol. The minimum Gasteiger partial charge on any atom is -0.455 e. The summed E-state index contributed by atoms with van der Waals surface area (Å²) in [7, 11) is 0. The van der Waals surface area contributed by atoms with Crippen molar-refractivity contribution < 1.29 is 8.83 Å². The zero-order valence-electron chi connectivity index (χ0n) is 26.7. The molecule has 0 aliphatic heterocycles. The summed E-state index contributed by atoms with van der Waals surface area (Å²) in [6.07, 6.45) is 1.81. The van der Waals surface area contributed by atoms with E-state index in [0.29, 0.717) is 5.82 Å². The molecule has 5 heteroatoms. The molecule has 0 spiro atoms. The highest BCUT2D eigenvalue weighted by Gasteiger charge is 2.22. The van der Waals surface area contributed by atoms with Crippen molar-refractivity contribution >= 4 is 43.9 Å². The number of nitrogens with zero attached hydrogens (tertiary/aromatic N) is 3. The maximum atomic E-state index is 6.74. The average Bonchev–Trinajstić information content (AvgIpc) is 3.77. The van der Waals surface area contributed by atoms with Crippen LogP contribution in [0.25, 0.3) is 100 Å². The summed E-state index contributed by atoms with van der Waals surface area (Å²) in [5, 5.41) is 4.18. The van der Waals surface area contributed by atoms with Crippen LogP contribution in [0.5, 0.6) is 0 Å². The van der Waals surface area contributed by atoms with E-state index >= 15 is 0 Å². The molecule has 0 aliphatic carbocycles. The van der Waals surface area contributed by atoms with Crippen molar-refractivity contribution in [1.82, 2.24) is 15.0 Å². The lowest BCUT2D eigenvalue weighted by atomic mass is 9.95. The first-order chi connectivity index (χ1) is 24.8. The first-order valence-electron chi connectivity index (χ1n) is 16.6. The maximum absolute atomic E-state index is 6.74. The first kappa shape index (κ1) is 28.2. The minimum atomic E-state index is 0.625. The van der Waals surface area contributed by atoms with Gasteiger partial charge in [-0.1, -0.05) is 121 Å². The molecule has 0 saturated carbocycles. The van der Waals surface area contributed by atoms with Crippen LogP contribution in [0, 0.1) is 0 Å². The van der Waals surface area contributed by atoms with Crippen LogP contribution < -0.4 is 0 Å². The molecule has 0 bridgehead atoms.